The summed E-state index contributed by atoms with van der Waals surface area (Å²) in [4.78, 5) is 25.0. The van der Waals surface area contributed by atoms with Crippen LogP contribution in [0.3, 0.4) is 0 Å². The normalized spacial score (nSPS) is 19.6. The summed E-state index contributed by atoms with van der Waals surface area (Å²) in [6, 6.07) is 15.5. The fraction of sp³-hybridized carbons (Fsp3) is 0.238. The number of halogens is 1. The van der Waals surface area contributed by atoms with Gasteiger partial charge < -0.3 is 10.1 Å². The van der Waals surface area contributed by atoms with Gasteiger partial charge >= 0.3 is 5.97 Å². The highest BCUT2D eigenvalue weighted by molar-refractivity contribution is 6.07. The van der Waals surface area contributed by atoms with Crippen molar-refractivity contribution in [1.29, 1.82) is 0 Å². The molecule has 0 aliphatic heterocycles. The van der Waals surface area contributed by atoms with E-state index in [4.69, 9.17) is 4.74 Å². The third kappa shape index (κ3) is 3.99. The fourth-order valence-electron chi connectivity index (χ4n) is 3.24. The van der Waals surface area contributed by atoms with Crippen LogP contribution in [-0.2, 0) is 14.3 Å². The lowest BCUT2D eigenvalue weighted by Gasteiger charge is -2.29. The molecule has 0 bridgehead atoms. The first kappa shape index (κ1) is 17.9. The van der Waals surface area contributed by atoms with Gasteiger partial charge in [-0.05, 0) is 37.1 Å². The number of allylic oxidation sites excluding steroid dienone is 2. The summed E-state index contributed by atoms with van der Waals surface area (Å²) in [6.07, 6.45) is 1.88. The van der Waals surface area contributed by atoms with Crippen LogP contribution in [0.25, 0.3) is 0 Å². The van der Waals surface area contributed by atoms with Gasteiger partial charge in [0.2, 0.25) is 0 Å². The first-order valence-electron chi connectivity index (χ1n) is 8.57. The maximum absolute atomic E-state index is 13.4. The second-order valence-corrected chi connectivity index (χ2v) is 6.16. The van der Waals surface area contributed by atoms with Gasteiger partial charge in [-0.1, -0.05) is 36.4 Å². The minimum absolute atomic E-state index is 0.224. The second-order valence-electron chi connectivity index (χ2n) is 6.16. The summed E-state index contributed by atoms with van der Waals surface area (Å²) in [5, 5.41) is 3.09. The van der Waals surface area contributed by atoms with Crippen LogP contribution in [0.5, 0.6) is 0 Å². The quantitative estimate of drug-likeness (QED) is 0.651. The van der Waals surface area contributed by atoms with Crippen LogP contribution in [-0.4, -0.2) is 18.4 Å². The lowest BCUT2D eigenvalue weighted by atomic mass is 9.76. The molecule has 2 atom stereocenters. The van der Waals surface area contributed by atoms with E-state index in [1.54, 1.807) is 19.1 Å². The Hall–Kier alpha value is -2.95. The summed E-state index contributed by atoms with van der Waals surface area (Å²) < 4.78 is 18.5. The average Bonchev–Trinajstić information content (AvgIpc) is 2.62. The predicted octanol–water partition coefficient (Wildman–Crippen LogP) is 4.06. The fourth-order valence-corrected chi connectivity index (χ4v) is 3.24. The van der Waals surface area contributed by atoms with Gasteiger partial charge in [0, 0.05) is 23.4 Å². The van der Waals surface area contributed by atoms with Crippen molar-refractivity contribution in [2.75, 3.05) is 11.9 Å². The van der Waals surface area contributed by atoms with E-state index in [2.05, 4.69) is 5.32 Å². The third-order valence-corrected chi connectivity index (χ3v) is 4.36. The van der Waals surface area contributed by atoms with Gasteiger partial charge in [0.05, 0.1) is 6.61 Å². The number of ether oxygens (including phenoxy) is 1. The number of benzene rings is 2. The number of ketones is 1. The summed E-state index contributed by atoms with van der Waals surface area (Å²) in [7, 11) is 0. The Kier molecular flexibility index (Phi) is 5.46. The van der Waals surface area contributed by atoms with Gasteiger partial charge in [0.1, 0.15) is 11.7 Å². The molecule has 134 valence electrons. The maximum Gasteiger partial charge on any atom is 0.317 e. The van der Waals surface area contributed by atoms with Crippen molar-refractivity contribution < 1.29 is 18.7 Å². The Bertz CT molecular complexity index is 832. The smallest absolute Gasteiger partial charge is 0.317 e. The molecule has 0 saturated carbocycles. The average molecular weight is 353 g/mol. The van der Waals surface area contributed by atoms with Crippen molar-refractivity contribution in [2.45, 2.75) is 19.3 Å². The zero-order valence-electron chi connectivity index (χ0n) is 14.4. The molecule has 0 amide bonds. The van der Waals surface area contributed by atoms with Gasteiger partial charge in [-0.25, -0.2) is 4.39 Å². The Morgan fingerprint density at radius 2 is 1.96 bits per heavy atom. The van der Waals surface area contributed by atoms with Crippen LogP contribution in [0, 0.1) is 11.7 Å². The molecule has 0 unspecified atom stereocenters. The molecule has 0 fully saturated rings. The Morgan fingerprint density at radius 1 is 1.19 bits per heavy atom. The molecule has 26 heavy (non-hydrogen) atoms. The Morgan fingerprint density at radius 3 is 2.65 bits per heavy atom. The van der Waals surface area contributed by atoms with E-state index in [-0.39, 0.29) is 24.1 Å². The lowest BCUT2D eigenvalue weighted by Crippen LogP contribution is -2.35. The van der Waals surface area contributed by atoms with Crippen LogP contribution in [0.4, 0.5) is 10.1 Å². The first-order chi connectivity index (χ1) is 12.6. The number of carbonyl (C=O) groups excluding carboxylic acids is 2. The molecule has 0 spiro atoms. The highest BCUT2D eigenvalue weighted by Crippen LogP contribution is 2.37. The van der Waals surface area contributed by atoms with Gasteiger partial charge in [0.25, 0.3) is 0 Å². The molecular weight excluding hydrogens is 333 g/mol. The second kappa shape index (κ2) is 7.95. The van der Waals surface area contributed by atoms with Crippen molar-refractivity contribution in [3.05, 3.63) is 77.8 Å². The molecule has 1 aliphatic rings. The van der Waals surface area contributed by atoms with Crippen LogP contribution in [0.15, 0.2) is 66.4 Å². The third-order valence-electron chi connectivity index (χ3n) is 4.36. The number of hydrogen-bond acceptors (Lipinski definition) is 4. The van der Waals surface area contributed by atoms with Gasteiger partial charge in [-0.3, -0.25) is 9.59 Å². The summed E-state index contributed by atoms with van der Waals surface area (Å²) in [5.74, 6) is -2.36. The van der Waals surface area contributed by atoms with Gasteiger partial charge in [-0.15, -0.1) is 0 Å². The van der Waals surface area contributed by atoms with Crippen LogP contribution in [0.1, 0.15) is 24.8 Å². The number of anilines is 1. The number of rotatable bonds is 5. The number of esters is 1. The molecule has 1 aliphatic carbocycles. The first-order valence-corrected chi connectivity index (χ1v) is 8.57. The highest BCUT2D eigenvalue weighted by Gasteiger charge is 2.39. The Balaban J connectivity index is 1.91. The SMILES string of the molecule is CCOC(=O)[C@@H]1C(=O)C=C(Nc2cccc(F)c2)C[C@@H]1c1ccccc1. The van der Waals surface area contributed by atoms with Gasteiger partial charge in [0.15, 0.2) is 5.78 Å². The van der Waals surface area contributed by atoms with E-state index in [9.17, 15) is 14.0 Å². The van der Waals surface area contributed by atoms with Crippen LogP contribution < -0.4 is 5.32 Å². The topological polar surface area (TPSA) is 55.4 Å². The largest absolute Gasteiger partial charge is 0.465 e. The highest BCUT2D eigenvalue weighted by atomic mass is 19.1. The molecule has 4 nitrogen and oxygen atoms in total. The molecule has 0 saturated heterocycles. The minimum atomic E-state index is -0.865. The molecular formula is C21H20FNO3. The zero-order valence-corrected chi connectivity index (χ0v) is 14.4. The molecule has 0 aromatic heterocycles. The van der Waals surface area contributed by atoms with E-state index in [1.807, 2.05) is 30.3 Å². The number of carbonyl (C=O) groups is 2. The van der Waals surface area contributed by atoms with Gasteiger partial charge in [-0.2, -0.15) is 0 Å². The molecule has 2 aromatic carbocycles. The minimum Gasteiger partial charge on any atom is -0.465 e. The number of nitrogens with one attached hydrogen (secondary N) is 1. The van der Waals surface area contributed by atoms with E-state index in [0.29, 0.717) is 17.8 Å². The zero-order chi connectivity index (χ0) is 18.5. The molecule has 3 rings (SSSR count). The van der Waals surface area contributed by atoms with Crippen LogP contribution in [0.2, 0.25) is 0 Å². The van der Waals surface area contributed by atoms with E-state index >= 15 is 0 Å². The van der Waals surface area contributed by atoms with Crippen LogP contribution >= 0.6 is 0 Å². The van der Waals surface area contributed by atoms with Crippen molar-refractivity contribution in [2.24, 2.45) is 5.92 Å². The van der Waals surface area contributed by atoms with Crippen molar-refractivity contribution >= 4 is 17.4 Å². The van der Waals surface area contributed by atoms with E-state index < -0.39 is 11.9 Å². The summed E-state index contributed by atoms with van der Waals surface area (Å²) in [5.41, 5.74) is 2.10. The number of hydrogen-bond donors (Lipinski definition) is 1. The van der Waals surface area contributed by atoms with E-state index in [0.717, 1.165) is 5.56 Å². The molecule has 0 radical (unpaired) electrons. The standard InChI is InChI=1S/C21H20FNO3/c1-2-26-21(25)20-18(14-7-4-3-5-8-14)12-17(13-19(20)24)23-16-10-6-9-15(22)11-16/h3-11,13,18,20,23H,2,12H2,1H3/t18-,20+/m1/s1. The van der Waals surface area contributed by atoms with Crippen molar-refractivity contribution in [3.8, 4) is 0 Å². The molecule has 0 heterocycles. The Labute approximate surface area is 151 Å². The summed E-state index contributed by atoms with van der Waals surface area (Å²) in [6.45, 7) is 1.94. The predicted molar refractivity (Wildman–Crippen MR) is 97.0 cm³/mol. The lowest BCUT2D eigenvalue weighted by molar-refractivity contribution is -0.151. The van der Waals surface area contributed by atoms with E-state index in [1.165, 1.54) is 18.2 Å². The molecule has 5 heteroatoms. The molecule has 1 N–H and O–H groups in total. The van der Waals surface area contributed by atoms with Crippen molar-refractivity contribution in [3.63, 3.8) is 0 Å². The molecule has 2 aromatic rings. The summed E-state index contributed by atoms with van der Waals surface area (Å²) >= 11 is 0. The monoisotopic (exact) mass is 353 g/mol. The van der Waals surface area contributed by atoms with Crippen molar-refractivity contribution in [1.82, 2.24) is 0 Å². The maximum atomic E-state index is 13.4.